The second kappa shape index (κ2) is 12.5. The first-order valence-electron chi connectivity index (χ1n) is 11.6. The van der Waals surface area contributed by atoms with Crippen LogP contribution in [0.15, 0.2) is 65.6 Å². The van der Waals surface area contributed by atoms with Gasteiger partial charge in [-0.1, -0.05) is 48.5 Å². The lowest BCUT2D eigenvalue weighted by Gasteiger charge is -2.40. The number of carbonyl (C=O) groups excluding carboxylic acids is 3. The molecular formula is C25H31N3O6S. The molecule has 0 bridgehead atoms. The summed E-state index contributed by atoms with van der Waals surface area (Å²) in [5.41, 5.74) is 0.909. The summed E-state index contributed by atoms with van der Waals surface area (Å²) in [7, 11) is -3.48. The van der Waals surface area contributed by atoms with Gasteiger partial charge in [-0.2, -0.15) is 0 Å². The highest BCUT2D eigenvalue weighted by Gasteiger charge is 2.36. The average molecular weight is 502 g/mol. The van der Waals surface area contributed by atoms with Crippen molar-refractivity contribution in [1.29, 1.82) is 0 Å². The van der Waals surface area contributed by atoms with Gasteiger partial charge in [-0.15, -0.1) is 0 Å². The van der Waals surface area contributed by atoms with Crippen LogP contribution in [0.4, 0.5) is 0 Å². The van der Waals surface area contributed by atoms with E-state index in [1.165, 1.54) is 4.90 Å². The van der Waals surface area contributed by atoms with E-state index >= 15 is 0 Å². The first-order chi connectivity index (χ1) is 16.8. The summed E-state index contributed by atoms with van der Waals surface area (Å²) in [5.74, 6) is -1.59. The first kappa shape index (κ1) is 26.4. The van der Waals surface area contributed by atoms with Crippen molar-refractivity contribution >= 4 is 27.6 Å². The van der Waals surface area contributed by atoms with E-state index in [0.717, 1.165) is 5.56 Å². The number of esters is 1. The molecule has 188 valence electrons. The van der Waals surface area contributed by atoms with E-state index in [1.807, 2.05) is 35.2 Å². The van der Waals surface area contributed by atoms with E-state index in [-0.39, 0.29) is 42.8 Å². The van der Waals surface area contributed by atoms with Crippen LogP contribution in [0.2, 0.25) is 0 Å². The van der Waals surface area contributed by atoms with Gasteiger partial charge in [0.25, 0.3) is 0 Å². The molecule has 35 heavy (non-hydrogen) atoms. The molecule has 1 unspecified atom stereocenters. The van der Waals surface area contributed by atoms with Crippen LogP contribution < -0.4 is 5.32 Å². The normalized spacial score (nSPS) is 16.5. The maximum absolute atomic E-state index is 13.1. The van der Waals surface area contributed by atoms with Crippen LogP contribution in [0, 0.1) is 0 Å². The molecule has 1 fully saturated rings. The van der Waals surface area contributed by atoms with Gasteiger partial charge in [0, 0.05) is 32.7 Å². The van der Waals surface area contributed by atoms with Crippen molar-refractivity contribution in [3.63, 3.8) is 0 Å². The monoisotopic (exact) mass is 501 g/mol. The number of nitrogens with one attached hydrogen (secondary N) is 1. The second-order valence-corrected chi connectivity index (χ2v) is 10.3. The minimum absolute atomic E-state index is 0.105. The molecule has 0 aromatic heterocycles. The Morgan fingerprint density at radius 1 is 1.00 bits per heavy atom. The number of hydrogen-bond acceptors (Lipinski definition) is 7. The minimum atomic E-state index is -3.48. The Balaban J connectivity index is 1.68. The first-order valence-corrected chi connectivity index (χ1v) is 13.2. The molecule has 2 amide bonds. The summed E-state index contributed by atoms with van der Waals surface area (Å²) < 4.78 is 30.2. The number of ether oxygens (including phenoxy) is 1. The summed E-state index contributed by atoms with van der Waals surface area (Å²) in [6, 6.07) is 16.7. The topological polar surface area (TPSA) is 113 Å². The second-order valence-electron chi connectivity index (χ2n) is 8.22. The number of rotatable bonds is 10. The number of hydrogen-bond donors (Lipinski definition) is 1. The lowest BCUT2D eigenvalue weighted by atomic mass is 10.1. The lowest BCUT2D eigenvalue weighted by molar-refractivity contribution is -0.153. The zero-order valence-corrected chi connectivity index (χ0v) is 20.6. The van der Waals surface area contributed by atoms with Crippen molar-refractivity contribution in [2.75, 3.05) is 38.5 Å². The lowest BCUT2D eigenvalue weighted by Crippen LogP contribution is -2.61. The van der Waals surface area contributed by atoms with Gasteiger partial charge < -0.3 is 15.0 Å². The van der Waals surface area contributed by atoms with Gasteiger partial charge in [0.05, 0.1) is 17.3 Å². The molecular weight excluding hydrogens is 470 g/mol. The molecule has 1 aliphatic rings. The van der Waals surface area contributed by atoms with Gasteiger partial charge in [0.2, 0.25) is 11.8 Å². The summed E-state index contributed by atoms with van der Waals surface area (Å²) >= 11 is 0. The summed E-state index contributed by atoms with van der Waals surface area (Å²) in [6.07, 6.45) is -0.446. The van der Waals surface area contributed by atoms with Crippen LogP contribution >= 0.6 is 0 Å². The minimum Gasteiger partial charge on any atom is -0.466 e. The Hall–Kier alpha value is -3.24. The van der Waals surface area contributed by atoms with Crippen LogP contribution in [0.5, 0.6) is 0 Å². The Bertz CT molecular complexity index is 1110. The molecule has 2 aromatic carbocycles. The predicted molar refractivity (Wildman–Crippen MR) is 130 cm³/mol. The molecule has 0 spiro atoms. The van der Waals surface area contributed by atoms with Crippen molar-refractivity contribution in [3.8, 4) is 0 Å². The molecule has 1 saturated heterocycles. The van der Waals surface area contributed by atoms with Crippen molar-refractivity contribution in [2.45, 2.75) is 30.8 Å². The van der Waals surface area contributed by atoms with E-state index in [0.29, 0.717) is 13.1 Å². The summed E-state index contributed by atoms with van der Waals surface area (Å²) in [4.78, 5) is 41.3. The molecule has 0 saturated carbocycles. The van der Waals surface area contributed by atoms with Gasteiger partial charge in [0.15, 0.2) is 9.84 Å². The maximum Gasteiger partial charge on any atom is 0.315 e. The maximum atomic E-state index is 13.1. The molecule has 0 radical (unpaired) electrons. The third kappa shape index (κ3) is 7.63. The number of benzene rings is 2. The van der Waals surface area contributed by atoms with Crippen molar-refractivity contribution < 1.29 is 27.5 Å². The molecule has 3 rings (SSSR count). The van der Waals surface area contributed by atoms with E-state index in [2.05, 4.69) is 5.32 Å². The molecule has 1 atom stereocenters. The largest absolute Gasteiger partial charge is 0.466 e. The van der Waals surface area contributed by atoms with Gasteiger partial charge >= 0.3 is 5.97 Å². The number of piperazine rings is 1. The fourth-order valence-electron chi connectivity index (χ4n) is 3.90. The number of nitrogens with zero attached hydrogens (tertiary/aromatic N) is 2. The molecule has 10 heteroatoms. The number of amides is 2. The van der Waals surface area contributed by atoms with Gasteiger partial charge in [-0.25, -0.2) is 8.42 Å². The van der Waals surface area contributed by atoms with Crippen LogP contribution in [0.25, 0.3) is 0 Å². The summed E-state index contributed by atoms with van der Waals surface area (Å²) in [5, 5.41) is 2.86. The standard InChI is InChI=1S/C25H31N3O6S/c1-2-34-24(30)17-23(29)28-14-13-27(15-16-35(32,33)21-11-7-4-8-12-21)19-22(28)25(31)26-18-20-9-5-3-6-10-20/h3-12,22H,2,13-19H2,1H3,(H,26,31). The SMILES string of the molecule is CCOC(=O)CC(=O)N1CCN(CCS(=O)(=O)c2ccccc2)CC1C(=O)NCc1ccccc1. The molecule has 1 N–H and O–H groups in total. The Kier molecular flexibility index (Phi) is 9.39. The van der Waals surface area contributed by atoms with Crippen LogP contribution in [0.3, 0.4) is 0 Å². The average Bonchev–Trinajstić information content (AvgIpc) is 2.87. The molecule has 1 aliphatic heterocycles. The molecule has 0 aliphatic carbocycles. The fraction of sp³-hybridized carbons (Fsp3) is 0.400. The third-order valence-corrected chi connectivity index (χ3v) is 7.49. The van der Waals surface area contributed by atoms with E-state index in [1.54, 1.807) is 37.3 Å². The van der Waals surface area contributed by atoms with Gasteiger partial charge in [-0.3, -0.25) is 19.3 Å². The number of sulfone groups is 1. The Morgan fingerprint density at radius 3 is 2.31 bits per heavy atom. The predicted octanol–water partition coefficient (Wildman–Crippen LogP) is 1.24. The van der Waals surface area contributed by atoms with Crippen molar-refractivity contribution in [2.24, 2.45) is 0 Å². The number of carbonyl (C=O) groups is 3. The van der Waals surface area contributed by atoms with Crippen molar-refractivity contribution in [3.05, 3.63) is 66.2 Å². The van der Waals surface area contributed by atoms with Crippen LogP contribution in [-0.2, 0) is 35.5 Å². The zero-order valence-electron chi connectivity index (χ0n) is 19.8. The molecule has 2 aromatic rings. The highest BCUT2D eigenvalue weighted by atomic mass is 32.2. The summed E-state index contributed by atoms with van der Waals surface area (Å²) in [6.45, 7) is 3.09. The zero-order chi connectivity index (χ0) is 25.3. The van der Waals surface area contributed by atoms with Crippen LogP contribution in [-0.4, -0.2) is 80.6 Å². The van der Waals surface area contributed by atoms with E-state index < -0.39 is 34.2 Å². The van der Waals surface area contributed by atoms with Crippen LogP contribution in [0.1, 0.15) is 18.9 Å². The molecule has 1 heterocycles. The van der Waals surface area contributed by atoms with Gasteiger partial charge in [-0.05, 0) is 24.6 Å². The highest BCUT2D eigenvalue weighted by molar-refractivity contribution is 7.91. The highest BCUT2D eigenvalue weighted by Crippen LogP contribution is 2.15. The fourth-order valence-corrected chi connectivity index (χ4v) is 5.21. The van der Waals surface area contributed by atoms with Crippen molar-refractivity contribution in [1.82, 2.24) is 15.1 Å². The van der Waals surface area contributed by atoms with E-state index in [9.17, 15) is 22.8 Å². The molecule has 9 nitrogen and oxygen atoms in total. The van der Waals surface area contributed by atoms with Gasteiger partial charge in [0.1, 0.15) is 12.5 Å². The Morgan fingerprint density at radius 2 is 1.66 bits per heavy atom. The smallest absolute Gasteiger partial charge is 0.315 e. The Labute approximate surface area is 206 Å². The quantitative estimate of drug-likeness (QED) is 0.385. The third-order valence-electron chi connectivity index (χ3n) is 5.78. The van der Waals surface area contributed by atoms with E-state index in [4.69, 9.17) is 4.74 Å².